The Labute approximate surface area is 198 Å². The first-order valence-corrected chi connectivity index (χ1v) is 10.4. The van der Waals surface area contributed by atoms with Gasteiger partial charge in [-0.2, -0.15) is 4.99 Å². The Hall–Kier alpha value is -4.02. The lowest BCUT2D eigenvalue weighted by Crippen LogP contribution is -2.29. The van der Waals surface area contributed by atoms with Gasteiger partial charge in [-0.15, -0.1) is 0 Å². The minimum Gasteiger partial charge on any atom is -0.456 e. The molecule has 11 heteroatoms. The second kappa shape index (κ2) is 9.23. The summed E-state index contributed by atoms with van der Waals surface area (Å²) < 4.78 is 5.75. The molecular weight excluding hydrogens is 466 g/mol. The number of hydrogen-bond acceptors (Lipinski definition) is 5. The number of nitrogens with zero attached hydrogens (tertiary/aromatic N) is 3. The average Bonchev–Trinajstić information content (AvgIpc) is 3.34. The molecule has 0 radical (unpaired) electrons. The van der Waals surface area contributed by atoms with Gasteiger partial charge in [-0.05, 0) is 48.6 Å². The van der Waals surface area contributed by atoms with Gasteiger partial charge >= 0.3 is 0 Å². The van der Waals surface area contributed by atoms with Gasteiger partial charge in [-0.3, -0.25) is 20.2 Å². The van der Waals surface area contributed by atoms with Crippen molar-refractivity contribution in [2.24, 2.45) is 4.99 Å². The van der Waals surface area contributed by atoms with E-state index in [1.54, 1.807) is 61.6 Å². The highest BCUT2D eigenvalue weighted by Crippen LogP contribution is 2.31. The minimum atomic E-state index is -0.475. The van der Waals surface area contributed by atoms with E-state index in [2.05, 4.69) is 15.6 Å². The van der Waals surface area contributed by atoms with Crippen LogP contribution < -0.4 is 10.6 Å². The van der Waals surface area contributed by atoms with Crippen LogP contribution in [0.2, 0.25) is 5.02 Å². The van der Waals surface area contributed by atoms with Crippen LogP contribution in [-0.2, 0) is 4.79 Å². The Balaban J connectivity index is 1.54. The third-order valence-corrected chi connectivity index (χ3v) is 5.12. The molecule has 1 fully saturated rings. The van der Waals surface area contributed by atoms with Crippen molar-refractivity contribution in [2.75, 3.05) is 12.4 Å². The molecule has 1 aliphatic rings. The molecule has 0 saturated carbocycles. The molecule has 1 saturated heterocycles. The first kappa shape index (κ1) is 22.2. The van der Waals surface area contributed by atoms with E-state index in [4.69, 9.17) is 28.2 Å². The number of halogens is 1. The number of nitro benzene ring substituents is 1. The van der Waals surface area contributed by atoms with Crippen molar-refractivity contribution in [1.29, 1.82) is 0 Å². The van der Waals surface area contributed by atoms with Gasteiger partial charge in [0.1, 0.15) is 17.2 Å². The number of furan rings is 1. The lowest BCUT2D eigenvalue weighted by Gasteiger charge is -2.11. The highest BCUT2D eigenvalue weighted by atomic mass is 35.5. The van der Waals surface area contributed by atoms with Gasteiger partial charge in [0.25, 0.3) is 11.6 Å². The minimum absolute atomic E-state index is 0.0723. The lowest BCUT2D eigenvalue weighted by atomic mass is 10.1. The Bertz CT molecular complexity index is 1330. The standard InChI is InChI=1S/C22H16ClN5O4S/c1-27-18(12-15-9-10-19(32-15)16-7-2-3-8-17(16)28(30)31)20(29)25-21(27)26-22(33)24-14-6-4-5-13(23)11-14/h2-12H,1H3,(H2,24,25,26,29,33)/b18-12+. The van der Waals surface area contributed by atoms with Crippen molar-refractivity contribution in [1.82, 2.24) is 10.2 Å². The molecule has 4 rings (SSSR count). The Kier molecular flexibility index (Phi) is 6.20. The van der Waals surface area contributed by atoms with Crippen molar-refractivity contribution in [2.45, 2.75) is 0 Å². The van der Waals surface area contributed by atoms with E-state index in [0.717, 1.165) is 0 Å². The quantitative estimate of drug-likeness (QED) is 0.241. The molecular formula is C22H16ClN5O4S. The van der Waals surface area contributed by atoms with E-state index in [0.29, 0.717) is 27.8 Å². The SMILES string of the molecule is CN1/C(=C/c2ccc(-c3ccccc3[N+](=O)[O-])o2)C(=O)N/C1=N\C(=S)Nc1cccc(Cl)c1. The van der Waals surface area contributed by atoms with Gasteiger partial charge < -0.3 is 14.6 Å². The summed E-state index contributed by atoms with van der Waals surface area (Å²) in [5, 5.41) is 17.5. The summed E-state index contributed by atoms with van der Waals surface area (Å²) in [5.41, 5.74) is 1.20. The molecule has 2 aromatic carbocycles. The molecule has 166 valence electrons. The Morgan fingerprint density at radius 1 is 1.24 bits per heavy atom. The fourth-order valence-corrected chi connectivity index (χ4v) is 3.54. The zero-order chi connectivity index (χ0) is 23.5. The zero-order valence-corrected chi connectivity index (χ0v) is 18.7. The molecule has 3 aromatic rings. The first-order chi connectivity index (χ1) is 15.8. The number of amides is 1. The molecule has 9 nitrogen and oxygen atoms in total. The molecule has 0 spiro atoms. The largest absolute Gasteiger partial charge is 0.456 e. The molecule has 0 aliphatic carbocycles. The summed E-state index contributed by atoms with van der Waals surface area (Å²) in [6.45, 7) is 0. The van der Waals surface area contributed by atoms with Crippen molar-refractivity contribution in [3.63, 3.8) is 0 Å². The van der Waals surface area contributed by atoms with Gasteiger partial charge in [0.05, 0.1) is 10.5 Å². The van der Waals surface area contributed by atoms with E-state index in [1.165, 1.54) is 17.0 Å². The van der Waals surface area contributed by atoms with E-state index in [9.17, 15) is 14.9 Å². The predicted octanol–water partition coefficient (Wildman–Crippen LogP) is 4.66. The van der Waals surface area contributed by atoms with Crippen LogP contribution in [0.15, 0.2) is 75.8 Å². The summed E-state index contributed by atoms with van der Waals surface area (Å²) >= 11 is 11.2. The van der Waals surface area contributed by atoms with Crippen molar-refractivity contribution in [3.8, 4) is 11.3 Å². The zero-order valence-electron chi connectivity index (χ0n) is 17.1. The summed E-state index contributed by atoms with van der Waals surface area (Å²) in [4.78, 5) is 29.1. The van der Waals surface area contributed by atoms with Crippen molar-refractivity contribution in [3.05, 3.63) is 87.3 Å². The van der Waals surface area contributed by atoms with Crippen LogP contribution in [-0.4, -0.2) is 33.9 Å². The molecule has 0 unspecified atom stereocenters. The number of carbonyl (C=O) groups is 1. The van der Waals surface area contributed by atoms with Gasteiger partial charge in [0.15, 0.2) is 0 Å². The Morgan fingerprint density at radius 3 is 2.79 bits per heavy atom. The van der Waals surface area contributed by atoms with Crippen LogP contribution in [0.1, 0.15) is 5.76 Å². The number of thiocarbonyl (C=S) groups is 1. The number of anilines is 1. The number of hydrogen-bond donors (Lipinski definition) is 2. The molecule has 2 heterocycles. The molecule has 0 atom stereocenters. The van der Waals surface area contributed by atoms with E-state index in [-0.39, 0.29) is 22.5 Å². The molecule has 1 amide bonds. The topological polar surface area (TPSA) is 113 Å². The number of rotatable bonds is 4. The van der Waals surface area contributed by atoms with Gasteiger partial charge in [0, 0.05) is 29.9 Å². The normalized spacial score (nSPS) is 15.7. The lowest BCUT2D eigenvalue weighted by molar-refractivity contribution is -0.384. The monoisotopic (exact) mass is 481 g/mol. The molecule has 1 aromatic heterocycles. The number of aliphatic imine (C=N–C) groups is 1. The fourth-order valence-electron chi connectivity index (χ4n) is 3.15. The number of carbonyl (C=O) groups excluding carboxylic acids is 1. The van der Waals surface area contributed by atoms with Gasteiger partial charge in [-0.1, -0.05) is 29.8 Å². The second-order valence-electron chi connectivity index (χ2n) is 6.89. The Morgan fingerprint density at radius 2 is 2.03 bits per heavy atom. The fraction of sp³-hybridized carbons (Fsp3) is 0.0455. The highest BCUT2D eigenvalue weighted by molar-refractivity contribution is 7.80. The van der Waals surface area contributed by atoms with Gasteiger partial charge in [-0.25, -0.2) is 0 Å². The third kappa shape index (κ3) is 4.92. The number of para-hydroxylation sites is 1. The van der Waals surface area contributed by atoms with Crippen LogP contribution in [0.3, 0.4) is 0 Å². The summed E-state index contributed by atoms with van der Waals surface area (Å²) in [7, 11) is 1.65. The average molecular weight is 482 g/mol. The van der Waals surface area contributed by atoms with E-state index in [1.807, 2.05) is 0 Å². The maximum Gasteiger partial charge on any atom is 0.280 e. The number of guanidine groups is 1. The maximum absolute atomic E-state index is 12.5. The van der Waals surface area contributed by atoms with Crippen molar-refractivity contribution >= 4 is 58.2 Å². The number of likely N-dealkylation sites (N-methyl/N-ethyl adjacent to an activating group) is 1. The van der Waals surface area contributed by atoms with Crippen LogP contribution in [0.5, 0.6) is 0 Å². The summed E-state index contributed by atoms with van der Waals surface area (Å²) in [5.74, 6) is 0.499. The molecule has 0 bridgehead atoms. The number of benzene rings is 2. The second-order valence-corrected chi connectivity index (χ2v) is 7.72. The maximum atomic E-state index is 12.5. The van der Waals surface area contributed by atoms with E-state index < -0.39 is 10.8 Å². The molecule has 1 aliphatic heterocycles. The first-order valence-electron chi connectivity index (χ1n) is 9.57. The number of nitrogens with one attached hydrogen (secondary N) is 2. The van der Waals surface area contributed by atoms with Gasteiger partial charge in [0.2, 0.25) is 11.1 Å². The molecule has 33 heavy (non-hydrogen) atoms. The summed E-state index contributed by atoms with van der Waals surface area (Å²) in [6, 6.07) is 16.5. The highest BCUT2D eigenvalue weighted by Gasteiger charge is 2.29. The number of nitro groups is 1. The predicted molar refractivity (Wildman–Crippen MR) is 130 cm³/mol. The summed E-state index contributed by atoms with van der Waals surface area (Å²) in [6.07, 6.45) is 1.52. The van der Waals surface area contributed by atoms with Crippen molar-refractivity contribution < 1.29 is 14.1 Å². The molecule has 2 N–H and O–H groups in total. The van der Waals surface area contributed by atoms with Crippen LogP contribution in [0, 0.1) is 10.1 Å². The third-order valence-electron chi connectivity index (χ3n) is 4.69. The van der Waals surface area contributed by atoms with E-state index >= 15 is 0 Å². The van der Waals surface area contributed by atoms with Crippen LogP contribution in [0.4, 0.5) is 11.4 Å². The van der Waals surface area contributed by atoms with Crippen LogP contribution >= 0.6 is 23.8 Å². The van der Waals surface area contributed by atoms with Crippen LogP contribution in [0.25, 0.3) is 17.4 Å². The smallest absolute Gasteiger partial charge is 0.280 e.